The summed E-state index contributed by atoms with van der Waals surface area (Å²) in [6, 6.07) is 11.0. The number of halogens is 1. The van der Waals surface area contributed by atoms with Crippen molar-refractivity contribution in [2.75, 3.05) is 13.7 Å². The molecule has 1 amide bonds. The van der Waals surface area contributed by atoms with Crippen molar-refractivity contribution < 1.29 is 18.7 Å². The van der Waals surface area contributed by atoms with Crippen LogP contribution in [0.25, 0.3) is 0 Å². The zero-order chi connectivity index (χ0) is 21.5. The van der Waals surface area contributed by atoms with Crippen LogP contribution in [0.5, 0.6) is 11.5 Å². The van der Waals surface area contributed by atoms with Crippen molar-refractivity contribution in [2.24, 2.45) is 7.05 Å². The maximum Gasteiger partial charge on any atom is 0.258 e. The van der Waals surface area contributed by atoms with Crippen LogP contribution < -0.4 is 14.8 Å². The number of carbonyl (C=O) groups is 1. The van der Waals surface area contributed by atoms with E-state index in [1.807, 2.05) is 12.1 Å². The Balaban J connectivity index is 1.75. The first-order valence-electron chi connectivity index (χ1n) is 9.45. The lowest BCUT2D eigenvalue weighted by atomic mass is 10.1. The first-order chi connectivity index (χ1) is 14.5. The maximum absolute atomic E-state index is 14.4. The van der Waals surface area contributed by atoms with Gasteiger partial charge in [-0.25, -0.2) is 9.37 Å². The maximum atomic E-state index is 14.4. The van der Waals surface area contributed by atoms with E-state index in [0.29, 0.717) is 29.3 Å². The molecule has 1 N–H and O–H groups in total. The molecular formula is C23H24FN3O3. The van der Waals surface area contributed by atoms with Crippen molar-refractivity contribution >= 4 is 5.91 Å². The zero-order valence-corrected chi connectivity index (χ0v) is 17.0. The second kappa shape index (κ2) is 9.73. The van der Waals surface area contributed by atoms with Gasteiger partial charge in [0.15, 0.2) is 18.1 Å². The third kappa shape index (κ3) is 4.86. The lowest BCUT2D eigenvalue weighted by Gasteiger charge is -2.20. The Kier molecular flexibility index (Phi) is 6.85. The highest BCUT2D eigenvalue weighted by Crippen LogP contribution is 2.28. The van der Waals surface area contributed by atoms with Crippen LogP contribution in [0.2, 0.25) is 0 Å². The van der Waals surface area contributed by atoms with E-state index in [0.717, 1.165) is 5.56 Å². The zero-order valence-electron chi connectivity index (χ0n) is 17.0. The number of nitrogens with one attached hydrogen (secondary N) is 1. The molecule has 0 aliphatic heterocycles. The number of hydrogen-bond donors (Lipinski definition) is 1. The average molecular weight is 409 g/mol. The Morgan fingerprint density at radius 3 is 2.77 bits per heavy atom. The van der Waals surface area contributed by atoms with Gasteiger partial charge in [0.05, 0.1) is 7.11 Å². The van der Waals surface area contributed by atoms with Gasteiger partial charge in [-0.1, -0.05) is 30.3 Å². The molecule has 3 aromatic rings. The van der Waals surface area contributed by atoms with Gasteiger partial charge in [0.2, 0.25) is 0 Å². The summed E-state index contributed by atoms with van der Waals surface area (Å²) in [7, 11) is 3.32. The van der Waals surface area contributed by atoms with Gasteiger partial charge in [0, 0.05) is 25.0 Å². The van der Waals surface area contributed by atoms with Crippen LogP contribution in [-0.4, -0.2) is 29.2 Å². The van der Waals surface area contributed by atoms with Crippen LogP contribution in [0.3, 0.4) is 0 Å². The average Bonchev–Trinajstić information content (AvgIpc) is 3.17. The number of allylic oxidation sites excluding steroid dienone is 1. The van der Waals surface area contributed by atoms with E-state index >= 15 is 0 Å². The normalized spacial score (nSPS) is 11.6. The van der Waals surface area contributed by atoms with Crippen LogP contribution >= 0.6 is 0 Å². The van der Waals surface area contributed by atoms with Crippen molar-refractivity contribution in [3.8, 4) is 11.5 Å². The van der Waals surface area contributed by atoms with Gasteiger partial charge in [-0.15, -0.1) is 6.58 Å². The van der Waals surface area contributed by atoms with Crippen LogP contribution in [0.15, 0.2) is 67.5 Å². The Morgan fingerprint density at radius 1 is 1.30 bits per heavy atom. The molecule has 156 valence electrons. The third-order valence-electron chi connectivity index (χ3n) is 4.61. The summed E-state index contributed by atoms with van der Waals surface area (Å²) >= 11 is 0. The van der Waals surface area contributed by atoms with Crippen LogP contribution in [0.4, 0.5) is 4.39 Å². The van der Waals surface area contributed by atoms with Crippen LogP contribution in [0, 0.1) is 5.82 Å². The summed E-state index contributed by atoms with van der Waals surface area (Å²) in [6.45, 7) is 3.46. The van der Waals surface area contributed by atoms with Crippen molar-refractivity contribution in [1.29, 1.82) is 0 Å². The molecule has 0 bridgehead atoms. The summed E-state index contributed by atoms with van der Waals surface area (Å²) in [6.07, 6.45) is 5.83. The monoisotopic (exact) mass is 409 g/mol. The Morgan fingerprint density at radius 2 is 2.10 bits per heavy atom. The van der Waals surface area contributed by atoms with E-state index in [1.54, 1.807) is 54.3 Å². The number of carbonyl (C=O) groups excluding carboxylic acids is 1. The molecule has 1 aromatic heterocycles. The molecule has 1 unspecified atom stereocenters. The Hall–Kier alpha value is -3.61. The number of methoxy groups -OCH3 is 1. The summed E-state index contributed by atoms with van der Waals surface area (Å²) in [5.41, 5.74) is 1.35. The predicted molar refractivity (Wildman–Crippen MR) is 112 cm³/mol. The molecule has 2 aromatic carbocycles. The molecule has 0 aliphatic carbocycles. The summed E-state index contributed by atoms with van der Waals surface area (Å²) in [4.78, 5) is 16.9. The Bertz CT molecular complexity index is 1030. The number of aromatic nitrogens is 2. The van der Waals surface area contributed by atoms with Crippen LogP contribution in [0.1, 0.15) is 23.0 Å². The van der Waals surface area contributed by atoms with Gasteiger partial charge < -0.3 is 19.4 Å². The number of imidazole rings is 1. The summed E-state index contributed by atoms with van der Waals surface area (Å²) in [5.74, 6) is 0.645. The van der Waals surface area contributed by atoms with Gasteiger partial charge >= 0.3 is 0 Å². The minimum Gasteiger partial charge on any atom is -0.493 e. The van der Waals surface area contributed by atoms with Gasteiger partial charge in [0.1, 0.15) is 17.7 Å². The minimum atomic E-state index is -0.751. The van der Waals surface area contributed by atoms with Crippen molar-refractivity contribution in [3.63, 3.8) is 0 Å². The molecule has 1 heterocycles. The fourth-order valence-electron chi connectivity index (χ4n) is 3.12. The predicted octanol–water partition coefficient (Wildman–Crippen LogP) is 3.58. The third-order valence-corrected chi connectivity index (χ3v) is 4.61. The standard InChI is InChI=1S/C23H24FN3O3/c1-4-7-16-10-11-19(20(14-16)29-3)30-15-21(28)26-22(23-25-12-13-27(23)2)17-8-5-6-9-18(17)24/h4-6,8-14,22H,1,7,15H2,2-3H3,(H,26,28). The molecule has 0 aliphatic rings. The lowest BCUT2D eigenvalue weighted by molar-refractivity contribution is -0.123. The van der Waals surface area contributed by atoms with Gasteiger partial charge in [-0.3, -0.25) is 4.79 Å². The second-order valence-corrected chi connectivity index (χ2v) is 6.69. The molecule has 0 spiro atoms. The van der Waals surface area contributed by atoms with Crippen molar-refractivity contribution in [3.05, 3.63) is 90.3 Å². The molecule has 7 heteroatoms. The molecule has 0 radical (unpaired) electrons. The summed E-state index contributed by atoms with van der Waals surface area (Å²) in [5, 5.41) is 2.82. The molecule has 30 heavy (non-hydrogen) atoms. The number of nitrogens with zero attached hydrogens (tertiary/aromatic N) is 2. The molecule has 6 nitrogen and oxygen atoms in total. The number of benzene rings is 2. The number of amides is 1. The fourth-order valence-corrected chi connectivity index (χ4v) is 3.12. The first-order valence-corrected chi connectivity index (χ1v) is 9.45. The van der Waals surface area contributed by atoms with E-state index in [4.69, 9.17) is 9.47 Å². The largest absolute Gasteiger partial charge is 0.493 e. The highest BCUT2D eigenvalue weighted by Gasteiger charge is 2.23. The highest BCUT2D eigenvalue weighted by atomic mass is 19.1. The number of rotatable bonds is 9. The highest BCUT2D eigenvalue weighted by molar-refractivity contribution is 5.78. The van der Waals surface area contributed by atoms with Crippen LogP contribution in [-0.2, 0) is 18.3 Å². The van der Waals surface area contributed by atoms with Crippen molar-refractivity contribution in [1.82, 2.24) is 14.9 Å². The molecule has 0 fully saturated rings. The quantitative estimate of drug-likeness (QED) is 0.549. The first kappa shape index (κ1) is 21.1. The fraction of sp³-hybridized carbons (Fsp3) is 0.217. The second-order valence-electron chi connectivity index (χ2n) is 6.69. The van der Waals surface area contributed by atoms with E-state index in [-0.39, 0.29) is 6.61 Å². The van der Waals surface area contributed by atoms with Gasteiger partial charge in [0.25, 0.3) is 5.91 Å². The Labute approximate surface area is 175 Å². The summed E-state index contributed by atoms with van der Waals surface area (Å²) < 4.78 is 27.2. The smallest absolute Gasteiger partial charge is 0.258 e. The topological polar surface area (TPSA) is 65.4 Å². The van der Waals surface area contributed by atoms with Gasteiger partial charge in [-0.05, 0) is 30.2 Å². The SMILES string of the molecule is C=CCc1ccc(OCC(=O)NC(c2ccccc2F)c2nccn2C)c(OC)c1. The molecule has 1 atom stereocenters. The number of hydrogen-bond acceptors (Lipinski definition) is 4. The van der Waals surface area contributed by atoms with Gasteiger partial charge in [-0.2, -0.15) is 0 Å². The molecule has 0 saturated carbocycles. The molecule has 3 rings (SSSR count). The van der Waals surface area contributed by atoms with E-state index in [9.17, 15) is 9.18 Å². The number of ether oxygens (including phenoxy) is 2. The molecular weight excluding hydrogens is 385 g/mol. The minimum absolute atomic E-state index is 0.257. The van der Waals surface area contributed by atoms with E-state index in [2.05, 4.69) is 16.9 Å². The lowest BCUT2D eigenvalue weighted by Crippen LogP contribution is -2.35. The van der Waals surface area contributed by atoms with Crippen molar-refractivity contribution in [2.45, 2.75) is 12.5 Å². The van der Waals surface area contributed by atoms with E-state index < -0.39 is 17.8 Å². The number of aryl methyl sites for hydroxylation is 1. The van der Waals surface area contributed by atoms with E-state index in [1.165, 1.54) is 13.2 Å². The molecule has 0 saturated heterocycles.